The Morgan fingerprint density at radius 1 is 1.05 bits per heavy atom. The van der Waals surface area contributed by atoms with Gasteiger partial charge in [0.2, 0.25) is 0 Å². The highest BCUT2D eigenvalue weighted by Gasteiger charge is 2.32. The van der Waals surface area contributed by atoms with Crippen molar-refractivity contribution in [2.75, 3.05) is 6.61 Å². The van der Waals surface area contributed by atoms with E-state index in [1.165, 1.54) is 0 Å². The average molecular weight is 353 g/mol. The van der Waals surface area contributed by atoms with Crippen LogP contribution in [0.5, 0.6) is 11.5 Å². The Balaban J connectivity index is 2.62. The molecule has 0 heterocycles. The third-order valence-corrected chi connectivity index (χ3v) is 2.40. The first-order valence-electron chi connectivity index (χ1n) is 4.82. The quantitative estimate of drug-likeness (QED) is 0.732. The lowest BCUT2D eigenvalue weighted by Gasteiger charge is -2.12. The van der Waals surface area contributed by atoms with Crippen molar-refractivity contribution in [3.63, 3.8) is 0 Å². The van der Waals surface area contributed by atoms with Crippen molar-refractivity contribution >= 4 is 15.9 Å². The topological polar surface area (TPSA) is 18.5 Å². The molecule has 2 nitrogen and oxygen atoms in total. The fourth-order valence-electron chi connectivity index (χ4n) is 1.06. The Bertz CT molecular complexity index is 429. The molecule has 9 heteroatoms. The van der Waals surface area contributed by atoms with E-state index in [0.717, 1.165) is 18.2 Å². The predicted octanol–water partition coefficient (Wildman–Crippen LogP) is 4.68. The molecule has 0 atom stereocenters. The molecule has 0 aliphatic heterocycles. The van der Waals surface area contributed by atoms with Gasteiger partial charge in [-0.25, -0.2) is 0 Å². The summed E-state index contributed by atoms with van der Waals surface area (Å²) in [7, 11) is 0. The maximum absolute atomic E-state index is 12.0. The minimum Gasteiger partial charge on any atom is -0.493 e. The fourth-order valence-corrected chi connectivity index (χ4v) is 1.50. The van der Waals surface area contributed by atoms with Gasteiger partial charge in [0.05, 0.1) is 17.5 Å². The van der Waals surface area contributed by atoms with Crippen LogP contribution < -0.4 is 9.47 Å². The van der Waals surface area contributed by atoms with E-state index in [2.05, 4.69) is 20.7 Å². The molecular weight excluding hydrogens is 346 g/mol. The normalized spacial score (nSPS) is 12.4. The maximum atomic E-state index is 12.0. The summed E-state index contributed by atoms with van der Waals surface area (Å²) in [6.07, 6.45) is -10.3. The summed E-state index contributed by atoms with van der Waals surface area (Å²) in [5, 5.41) is 0. The van der Waals surface area contributed by atoms with Gasteiger partial charge in [-0.05, 0) is 34.1 Å². The predicted molar refractivity (Wildman–Crippen MR) is 57.0 cm³/mol. The Morgan fingerprint density at radius 2 is 1.68 bits per heavy atom. The summed E-state index contributed by atoms with van der Waals surface area (Å²) in [4.78, 5) is 0. The van der Waals surface area contributed by atoms with E-state index in [-0.39, 0.29) is 10.2 Å². The molecule has 1 rings (SSSR count). The number of ether oxygens (including phenoxy) is 2. The van der Waals surface area contributed by atoms with E-state index in [0.29, 0.717) is 0 Å². The molecule has 0 saturated carbocycles. The van der Waals surface area contributed by atoms with Crippen molar-refractivity contribution in [1.82, 2.24) is 0 Å². The molecule has 1 aromatic rings. The van der Waals surface area contributed by atoms with Crippen molar-refractivity contribution in [2.24, 2.45) is 0 Å². The fraction of sp³-hybridized carbons (Fsp3) is 0.400. The molecule has 0 N–H and O–H groups in total. The first-order valence-corrected chi connectivity index (χ1v) is 5.61. The molecule has 0 fully saturated rings. The Kier molecular flexibility index (Phi) is 4.94. The van der Waals surface area contributed by atoms with Crippen LogP contribution in [0.25, 0.3) is 0 Å². The van der Waals surface area contributed by atoms with Gasteiger partial charge in [-0.15, -0.1) is 13.2 Å². The van der Waals surface area contributed by atoms with E-state index < -0.39 is 31.3 Å². The van der Waals surface area contributed by atoms with Crippen molar-refractivity contribution in [3.8, 4) is 11.5 Å². The van der Waals surface area contributed by atoms with Crippen LogP contribution in [-0.2, 0) is 0 Å². The van der Waals surface area contributed by atoms with Gasteiger partial charge in [-0.2, -0.15) is 13.2 Å². The van der Waals surface area contributed by atoms with Crippen LogP contribution in [0.15, 0.2) is 22.7 Å². The standard InChI is InChI=1S/C10H7BrF6O2/c11-7-5-6(18-4-3-9(12,13)14)1-2-8(7)19-10(15,16)17/h1-2,5H,3-4H2. The third kappa shape index (κ3) is 6.55. The second-order valence-corrected chi connectivity index (χ2v) is 4.21. The number of halogens is 7. The Morgan fingerprint density at radius 3 is 2.16 bits per heavy atom. The summed E-state index contributed by atoms with van der Waals surface area (Å²) >= 11 is 2.80. The summed E-state index contributed by atoms with van der Waals surface area (Å²) in [6.45, 7) is -0.616. The largest absolute Gasteiger partial charge is 0.573 e. The molecule has 0 aromatic heterocycles. The number of benzene rings is 1. The molecular formula is C10H7BrF6O2. The van der Waals surface area contributed by atoms with Gasteiger partial charge >= 0.3 is 12.5 Å². The third-order valence-electron chi connectivity index (χ3n) is 1.78. The minimum absolute atomic E-state index is 0.00523. The van der Waals surface area contributed by atoms with Crippen LogP contribution in [0.3, 0.4) is 0 Å². The lowest BCUT2D eigenvalue weighted by molar-refractivity contribution is -0.274. The van der Waals surface area contributed by atoms with Crippen molar-refractivity contribution < 1.29 is 35.8 Å². The lowest BCUT2D eigenvalue weighted by atomic mass is 10.3. The number of alkyl halides is 6. The zero-order valence-corrected chi connectivity index (χ0v) is 10.7. The van der Waals surface area contributed by atoms with Gasteiger partial charge in [-0.3, -0.25) is 0 Å². The molecule has 0 aliphatic carbocycles. The second kappa shape index (κ2) is 5.89. The van der Waals surface area contributed by atoms with E-state index in [1.807, 2.05) is 0 Å². The highest BCUT2D eigenvalue weighted by molar-refractivity contribution is 9.10. The first-order chi connectivity index (χ1) is 8.57. The maximum Gasteiger partial charge on any atom is 0.573 e. The molecule has 0 bridgehead atoms. The van der Waals surface area contributed by atoms with Crippen LogP contribution >= 0.6 is 15.9 Å². The summed E-state index contributed by atoms with van der Waals surface area (Å²) < 4.78 is 79.8. The zero-order chi connectivity index (χ0) is 14.7. The molecule has 108 valence electrons. The number of hydrogen-bond acceptors (Lipinski definition) is 2. The van der Waals surface area contributed by atoms with E-state index >= 15 is 0 Å². The smallest absolute Gasteiger partial charge is 0.493 e. The number of rotatable bonds is 4. The van der Waals surface area contributed by atoms with E-state index in [9.17, 15) is 26.3 Å². The van der Waals surface area contributed by atoms with Crippen molar-refractivity contribution in [1.29, 1.82) is 0 Å². The van der Waals surface area contributed by atoms with E-state index in [1.54, 1.807) is 0 Å². The summed E-state index contributed by atoms with van der Waals surface area (Å²) in [5.74, 6) is -0.499. The van der Waals surface area contributed by atoms with Gasteiger partial charge in [0.25, 0.3) is 0 Å². The highest BCUT2D eigenvalue weighted by Crippen LogP contribution is 2.33. The average Bonchev–Trinajstić information content (AvgIpc) is 2.18. The molecule has 0 radical (unpaired) electrons. The second-order valence-electron chi connectivity index (χ2n) is 3.35. The zero-order valence-electron chi connectivity index (χ0n) is 9.11. The van der Waals surface area contributed by atoms with Crippen LogP contribution in [-0.4, -0.2) is 19.1 Å². The minimum atomic E-state index is -4.85. The Hall–Kier alpha value is -1.12. The number of hydrogen-bond donors (Lipinski definition) is 0. The molecule has 0 unspecified atom stereocenters. The molecule has 0 saturated heterocycles. The van der Waals surface area contributed by atoms with Crippen LogP contribution in [0.2, 0.25) is 0 Å². The molecule has 1 aromatic carbocycles. The molecule has 19 heavy (non-hydrogen) atoms. The summed E-state index contributed by atoms with van der Waals surface area (Å²) in [6, 6.07) is 3.13. The molecule has 0 spiro atoms. The van der Waals surface area contributed by atoms with Crippen LogP contribution in [0.1, 0.15) is 6.42 Å². The van der Waals surface area contributed by atoms with Crippen LogP contribution in [0, 0.1) is 0 Å². The summed E-state index contributed by atoms with van der Waals surface area (Å²) in [5.41, 5.74) is 0. The SMILES string of the molecule is FC(F)(F)CCOc1ccc(OC(F)(F)F)c(Br)c1. The van der Waals surface area contributed by atoms with E-state index in [4.69, 9.17) is 4.74 Å². The Labute approximate surface area is 112 Å². The van der Waals surface area contributed by atoms with Gasteiger partial charge in [0.15, 0.2) is 0 Å². The first kappa shape index (κ1) is 15.9. The van der Waals surface area contributed by atoms with Crippen molar-refractivity contribution in [2.45, 2.75) is 19.0 Å². The molecule has 0 amide bonds. The van der Waals surface area contributed by atoms with Gasteiger partial charge in [0.1, 0.15) is 11.5 Å². The van der Waals surface area contributed by atoms with Crippen molar-refractivity contribution in [3.05, 3.63) is 22.7 Å². The van der Waals surface area contributed by atoms with Gasteiger partial charge in [-0.1, -0.05) is 0 Å². The van der Waals surface area contributed by atoms with Crippen LogP contribution in [0.4, 0.5) is 26.3 Å². The molecule has 0 aliphatic rings. The lowest BCUT2D eigenvalue weighted by Crippen LogP contribution is -2.17. The monoisotopic (exact) mass is 352 g/mol. The highest BCUT2D eigenvalue weighted by atomic mass is 79.9. The van der Waals surface area contributed by atoms with Gasteiger partial charge in [0, 0.05) is 0 Å². The van der Waals surface area contributed by atoms with Gasteiger partial charge < -0.3 is 9.47 Å².